The van der Waals surface area contributed by atoms with Crippen LogP contribution in [0.3, 0.4) is 0 Å². The fourth-order valence-corrected chi connectivity index (χ4v) is 2.87. The minimum Gasteiger partial charge on any atom is -0.424 e. The minimum atomic E-state index is -0.137. The fourth-order valence-electron chi connectivity index (χ4n) is 2.52. The van der Waals surface area contributed by atoms with Gasteiger partial charge in [0.05, 0.1) is 0 Å². The zero-order valence-corrected chi connectivity index (χ0v) is 14.3. The van der Waals surface area contributed by atoms with Crippen molar-refractivity contribution in [1.29, 1.82) is 0 Å². The highest BCUT2D eigenvalue weighted by Gasteiger charge is 2.31. The molecule has 0 saturated heterocycles. The van der Waals surface area contributed by atoms with E-state index in [1.54, 1.807) is 16.8 Å². The number of nitrogens with zero attached hydrogens (tertiary/aromatic N) is 3. The minimum absolute atomic E-state index is 0.0413. The molecule has 0 unspecified atom stereocenters. The number of fused-ring (bicyclic) bond motifs is 1. The van der Waals surface area contributed by atoms with Gasteiger partial charge in [-0.15, -0.1) is 5.10 Å². The summed E-state index contributed by atoms with van der Waals surface area (Å²) in [5, 5.41) is 7.09. The van der Waals surface area contributed by atoms with Crippen LogP contribution in [0.15, 0.2) is 22.9 Å². The largest absolute Gasteiger partial charge is 0.424 e. The quantitative estimate of drug-likeness (QED) is 0.908. The molecule has 1 aromatic carbocycles. The molecule has 6 nitrogen and oxygen atoms in total. The van der Waals surface area contributed by atoms with Gasteiger partial charge in [-0.2, -0.15) is 4.98 Å². The summed E-state index contributed by atoms with van der Waals surface area (Å²) in [7, 11) is 0. The summed E-state index contributed by atoms with van der Waals surface area (Å²) in [5.41, 5.74) is 1.54. The Morgan fingerprint density at radius 2 is 2.23 bits per heavy atom. The van der Waals surface area contributed by atoms with Gasteiger partial charge in [0.1, 0.15) is 5.75 Å². The molecule has 116 valence electrons. The molecule has 2 heterocycles. The van der Waals surface area contributed by atoms with Crippen LogP contribution in [0.4, 0.5) is 0 Å². The van der Waals surface area contributed by atoms with Crippen molar-refractivity contribution in [1.82, 2.24) is 20.1 Å². The van der Waals surface area contributed by atoms with Crippen LogP contribution >= 0.6 is 15.9 Å². The van der Waals surface area contributed by atoms with E-state index in [9.17, 15) is 4.79 Å². The first-order valence-corrected chi connectivity index (χ1v) is 7.91. The van der Waals surface area contributed by atoms with Gasteiger partial charge in [-0.3, -0.25) is 4.79 Å². The number of hydrogen-bond acceptors (Lipinski definition) is 4. The summed E-state index contributed by atoms with van der Waals surface area (Å²) in [6.45, 7) is 7.43. The number of rotatable bonds is 3. The maximum absolute atomic E-state index is 12.0. The average Bonchev–Trinajstić information content (AvgIpc) is 2.83. The number of aryl methyl sites for hydroxylation is 1. The van der Waals surface area contributed by atoms with E-state index in [4.69, 9.17) is 4.74 Å². The standard InChI is InChI=1S/C15H17BrN4O2/c1-4-20-14(18-13(16)19-20)22-9-5-6-10-11(7-9)15(2,3)8-17-12(10)21/h5-7H,4,8H2,1-3H3,(H,17,21). The Bertz CT molecular complexity index is 739. The molecule has 3 rings (SSSR count). The van der Waals surface area contributed by atoms with Crippen LogP contribution in [0, 0.1) is 0 Å². The van der Waals surface area contributed by atoms with Gasteiger partial charge in [0.2, 0.25) is 4.73 Å². The predicted octanol–water partition coefficient (Wildman–Crippen LogP) is 2.87. The average molecular weight is 365 g/mol. The van der Waals surface area contributed by atoms with Crippen LogP contribution in [0.1, 0.15) is 36.7 Å². The lowest BCUT2D eigenvalue weighted by Crippen LogP contribution is -2.43. The van der Waals surface area contributed by atoms with E-state index in [0.717, 1.165) is 5.56 Å². The number of carbonyl (C=O) groups is 1. The second-order valence-electron chi connectivity index (χ2n) is 5.86. The van der Waals surface area contributed by atoms with E-state index < -0.39 is 0 Å². The second kappa shape index (κ2) is 5.39. The molecule has 1 aliphatic heterocycles. The molecule has 0 fully saturated rings. The molecular formula is C15H17BrN4O2. The number of ether oxygens (including phenoxy) is 1. The van der Waals surface area contributed by atoms with Gasteiger partial charge in [0.25, 0.3) is 5.91 Å². The zero-order chi connectivity index (χ0) is 15.9. The SMILES string of the molecule is CCn1nc(Br)nc1Oc1ccc2c(c1)C(C)(C)CNC2=O. The normalized spacial score (nSPS) is 16.1. The smallest absolute Gasteiger partial charge is 0.321 e. The molecule has 0 bridgehead atoms. The third kappa shape index (κ3) is 2.61. The van der Waals surface area contributed by atoms with Crippen LogP contribution in [0.5, 0.6) is 11.8 Å². The van der Waals surface area contributed by atoms with Crippen molar-refractivity contribution in [2.24, 2.45) is 0 Å². The van der Waals surface area contributed by atoms with Gasteiger partial charge in [0.15, 0.2) is 0 Å². The predicted molar refractivity (Wildman–Crippen MR) is 85.3 cm³/mol. The first-order chi connectivity index (χ1) is 10.4. The van der Waals surface area contributed by atoms with E-state index >= 15 is 0 Å². The molecule has 0 aliphatic carbocycles. The van der Waals surface area contributed by atoms with Crippen LogP contribution in [0.25, 0.3) is 0 Å². The van der Waals surface area contributed by atoms with Crippen molar-refractivity contribution < 1.29 is 9.53 Å². The van der Waals surface area contributed by atoms with E-state index in [-0.39, 0.29) is 11.3 Å². The number of aromatic nitrogens is 3. The molecule has 1 amide bonds. The molecule has 0 radical (unpaired) electrons. The summed E-state index contributed by atoms with van der Waals surface area (Å²) in [6, 6.07) is 5.91. The molecular weight excluding hydrogens is 348 g/mol. The summed E-state index contributed by atoms with van der Waals surface area (Å²) in [4.78, 5) is 16.2. The Kier molecular flexibility index (Phi) is 3.68. The summed E-state index contributed by atoms with van der Waals surface area (Å²) < 4.78 is 8.00. The third-order valence-electron chi connectivity index (χ3n) is 3.78. The van der Waals surface area contributed by atoms with Crippen molar-refractivity contribution >= 4 is 21.8 Å². The topological polar surface area (TPSA) is 69.0 Å². The number of amides is 1. The van der Waals surface area contributed by atoms with Crippen LogP contribution < -0.4 is 10.1 Å². The lowest BCUT2D eigenvalue weighted by atomic mass is 9.79. The van der Waals surface area contributed by atoms with E-state index in [1.807, 2.05) is 13.0 Å². The zero-order valence-electron chi connectivity index (χ0n) is 12.7. The first kappa shape index (κ1) is 15.0. The van der Waals surface area contributed by atoms with Crippen molar-refractivity contribution in [2.75, 3.05) is 6.54 Å². The maximum atomic E-state index is 12.0. The van der Waals surface area contributed by atoms with Gasteiger partial charge in [-0.05, 0) is 46.6 Å². The van der Waals surface area contributed by atoms with Crippen molar-refractivity contribution in [3.63, 3.8) is 0 Å². The molecule has 1 N–H and O–H groups in total. The number of hydrogen-bond donors (Lipinski definition) is 1. The van der Waals surface area contributed by atoms with E-state index in [1.165, 1.54) is 0 Å². The lowest BCUT2D eigenvalue weighted by molar-refractivity contribution is 0.0929. The maximum Gasteiger partial charge on any atom is 0.321 e. The summed E-state index contributed by atoms with van der Waals surface area (Å²) in [6.07, 6.45) is 0. The monoisotopic (exact) mass is 364 g/mol. The highest BCUT2D eigenvalue weighted by molar-refractivity contribution is 9.10. The first-order valence-electron chi connectivity index (χ1n) is 7.11. The molecule has 1 aliphatic rings. The Labute approximate surface area is 137 Å². The number of nitrogens with one attached hydrogen (secondary N) is 1. The second-order valence-corrected chi connectivity index (χ2v) is 6.56. The number of halogens is 1. The number of carbonyl (C=O) groups excluding carboxylic acids is 1. The summed E-state index contributed by atoms with van der Waals surface area (Å²) >= 11 is 3.25. The summed E-state index contributed by atoms with van der Waals surface area (Å²) in [5.74, 6) is 0.608. The lowest BCUT2D eigenvalue weighted by Gasteiger charge is -2.32. The molecule has 0 saturated carbocycles. The van der Waals surface area contributed by atoms with Crippen molar-refractivity contribution in [2.45, 2.75) is 32.7 Å². The van der Waals surface area contributed by atoms with Crippen LogP contribution in [-0.4, -0.2) is 27.2 Å². The van der Waals surface area contributed by atoms with Gasteiger partial charge >= 0.3 is 6.01 Å². The van der Waals surface area contributed by atoms with Gasteiger partial charge in [-0.1, -0.05) is 13.8 Å². The fraction of sp³-hybridized carbons (Fsp3) is 0.400. The van der Waals surface area contributed by atoms with Crippen molar-refractivity contribution in [3.05, 3.63) is 34.1 Å². The Morgan fingerprint density at radius 3 is 2.95 bits per heavy atom. The highest BCUT2D eigenvalue weighted by atomic mass is 79.9. The highest BCUT2D eigenvalue weighted by Crippen LogP contribution is 2.33. The van der Waals surface area contributed by atoms with E-state index in [2.05, 4.69) is 45.2 Å². The Balaban J connectivity index is 1.98. The molecule has 7 heteroatoms. The number of benzene rings is 1. The van der Waals surface area contributed by atoms with Crippen molar-refractivity contribution in [3.8, 4) is 11.8 Å². The van der Waals surface area contributed by atoms with Crippen LogP contribution in [0.2, 0.25) is 0 Å². The third-order valence-corrected chi connectivity index (χ3v) is 4.11. The van der Waals surface area contributed by atoms with Gasteiger partial charge in [0, 0.05) is 24.1 Å². The molecule has 0 atom stereocenters. The van der Waals surface area contributed by atoms with Gasteiger partial charge < -0.3 is 10.1 Å². The molecule has 2 aromatic rings. The van der Waals surface area contributed by atoms with Gasteiger partial charge in [-0.25, -0.2) is 4.68 Å². The Morgan fingerprint density at radius 1 is 1.45 bits per heavy atom. The van der Waals surface area contributed by atoms with Crippen LogP contribution in [-0.2, 0) is 12.0 Å². The van der Waals surface area contributed by atoms with E-state index in [0.29, 0.717) is 35.1 Å². The molecule has 0 spiro atoms. The Hall–Kier alpha value is -1.89. The molecule has 22 heavy (non-hydrogen) atoms. The molecule has 1 aromatic heterocycles.